The summed E-state index contributed by atoms with van der Waals surface area (Å²) >= 11 is 0. The molecule has 0 aliphatic heterocycles. The molecule has 1 nitrogen and oxygen atoms in total. The third-order valence-electron chi connectivity index (χ3n) is 4.38. The number of rotatable bonds is 1. The lowest BCUT2D eigenvalue weighted by Gasteiger charge is -2.19. The number of benzene rings is 2. The van der Waals surface area contributed by atoms with Crippen molar-refractivity contribution in [3.63, 3.8) is 0 Å². The van der Waals surface area contributed by atoms with Crippen LogP contribution in [0, 0.1) is 0 Å². The Morgan fingerprint density at radius 1 is 0.778 bits per heavy atom. The van der Waals surface area contributed by atoms with Crippen LogP contribution >= 0.6 is 0 Å². The minimum absolute atomic E-state index is 0.102. The highest BCUT2D eigenvalue weighted by Crippen LogP contribution is 2.60. The van der Waals surface area contributed by atoms with Gasteiger partial charge in [-0.3, -0.25) is 0 Å². The lowest BCUT2D eigenvalue weighted by atomic mass is 9.95. The summed E-state index contributed by atoms with van der Waals surface area (Å²) in [5.74, 6) is 1.42. The maximum atomic E-state index is 5.79. The van der Waals surface area contributed by atoms with Crippen molar-refractivity contribution >= 4 is 0 Å². The van der Waals surface area contributed by atoms with Crippen molar-refractivity contribution in [1.29, 1.82) is 0 Å². The minimum Gasteiger partial charge on any atom is -0.372 e. The van der Waals surface area contributed by atoms with E-state index in [0.29, 0.717) is 11.8 Å². The number of fused-ring (bicyclic) bond motifs is 5. The van der Waals surface area contributed by atoms with Gasteiger partial charge in [0.2, 0.25) is 0 Å². The first-order chi connectivity index (χ1) is 8.90. The topological polar surface area (TPSA) is 9.23 Å². The van der Waals surface area contributed by atoms with Gasteiger partial charge in [-0.05, 0) is 40.5 Å². The maximum Gasteiger partial charge on any atom is 0.108 e. The highest BCUT2D eigenvalue weighted by Gasteiger charge is 2.45. The quantitative estimate of drug-likeness (QED) is 0.727. The van der Waals surface area contributed by atoms with Crippen LogP contribution < -0.4 is 0 Å². The van der Waals surface area contributed by atoms with Crippen LogP contribution in [0.5, 0.6) is 0 Å². The Bertz CT molecular complexity index is 551. The van der Waals surface area contributed by atoms with Gasteiger partial charge in [0, 0.05) is 7.11 Å². The molecule has 0 aromatic heterocycles. The van der Waals surface area contributed by atoms with Gasteiger partial charge >= 0.3 is 0 Å². The molecule has 0 N–H and O–H groups in total. The Hall–Kier alpha value is -1.60. The molecule has 0 heterocycles. The molecule has 2 atom stereocenters. The molecule has 0 amide bonds. The molecule has 18 heavy (non-hydrogen) atoms. The number of hydrogen-bond donors (Lipinski definition) is 0. The van der Waals surface area contributed by atoms with Crippen LogP contribution in [0.1, 0.15) is 46.6 Å². The fraction of sp³-hybridized carbons (Fsp3) is 0.294. The molecule has 2 aromatic carbocycles. The molecule has 2 aliphatic rings. The van der Waals surface area contributed by atoms with Crippen LogP contribution in [0.15, 0.2) is 48.5 Å². The predicted octanol–water partition coefficient (Wildman–Crippen LogP) is 4.01. The van der Waals surface area contributed by atoms with E-state index in [-0.39, 0.29) is 6.10 Å². The first kappa shape index (κ1) is 10.3. The van der Waals surface area contributed by atoms with E-state index in [1.165, 1.54) is 28.7 Å². The summed E-state index contributed by atoms with van der Waals surface area (Å²) in [6.07, 6.45) is 1.40. The van der Waals surface area contributed by atoms with E-state index in [4.69, 9.17) is 4.74 Å². The Morgan fingerprint density at radius 2 is 1.22 bits per heavy atom. The Morgan fingerprint density at radius 3 is 1.67 bits per heavy atom. The second-order valence-electron chi connectivity index (χ2n) is 5.32. The molecule has 0 spiro atoms. The molecule has 1 saturated carbocycles. The summed E-state index contributed by atoms with van der Waals surface area (Å²) in [4.78, 5) is 0. The van der Waals surface area contributed by atoms with Crippen molar-refractivity contribution in [2.45, 2.75) is 24.4 Å². The van der Waals surface area contributed by atoms with Gasteiger partial charge in [0.25, 0.3) is 0 Å². The fourth-order valence-corrected chi connectivity index (χ4v) is 3.48. The van der Waals surface area contributed by atoms with Crippen LogP contribution in [-0.2, 0) is 4.74 Å². The zero-order valence-electron chi connectivity index (χ0n) is 10.5. The SMILES string of the molecule is COC1c2ccccc2C2CC2c2ccccc21. The predicted molar refractivity (Wildman–Crippen MR) is 71.8 cm³/mol. The molecule has 2 aromatic rings. The number of ether oxygens (including phenoxy) is 1. The molecule has 1 heteroatoms. The van der Waals surface area contributed by atoms with Gasteiger partial charge in [-0.2, -0.15) is 0 Å². The number of hydrogen-bond acceptors (Lipinski definition) is 1. The van der Waals surface area contributed by atoms with Crippen LogP contribution in [0.25, 0.3) is 0 Å². The van der Waals surface area contributed by atoms with Gasteiger partial charge in [-0.15, -0.1) is 0 Å². The first-order valence-electron chi connectivity index (χ1n) is 6.60. The summed E-state index contributed by atoms with van der Waals surface area (Å²) in [7, 11) is 1.81. The van der Waals surface area contributed by atoms with E-state index >= 15 is 0 Å². The third-order valence-corrected chi connectivity index (χ3v) is 4.38. The van der Waals surface area contributed by atoms with Crippen molar-refractivity contribution in [3.8, 4) is 0 Å². The van der Waals surface area contributed by atoms with E-state index in [9.17, 15) is 0 Å². The average Bonchev–Trinajstić information content (AvgIpc) is 3.20. The fourth-order valence-electron chi connectivity index (χ4n) is 3.48. The standard InChI is InChI=1S/C17H16O/c1-18-17-13-8-4-2-6-11(13)15-10-16(15)12-7-3-5-9-14(12)17/h2-9,15-17H,10H2,1H3. The summed E-state index contributed by atoms with van der Waals surface area (Å²) in [5, 5.41) is 0. The van der Waals surface area contributed by atoms with Crippen molar-refractivity contribution in [1.82, 2.24) is 0 Å². The smallest absolute Gasteiger partial charge is 0.108 e. The Kier molecular flexibility index (Phi) is 2.12. The largest absolute Gasteiger partial charge is 0.372 e. The molecule has 0 saturated heterocycles. The highest BCUT2D eigenvalue weighted by molar-refractivity contribution is 5.51. The maximum absolute atomic E-state index is 5.79. The van der Waals surface area contributed by atoms with Gasteiger partial charge in [0.15, 0.2) is 0 Å². The van der Waals surface area contributed by atoms with Crippen LogP contribution in [-0.4, -0.2) is 7.11 Å². The normalized spacial score (nSPS) is 27.7. The Balaban J connectivity index is 1.98. The minimum atomic E-state index is 0.102. The molecule has 1 fully saturated rings. The van der Waals surface area contributed by atoms with Gasteiger partial charge in [0.05, 0.1) is 0 Å². The van der Waals surface area contributed by atoms with Gasteiger partial charge in [-0.1, -0.05) is 48.5 Å². The molecular weight excluding hydrogens is 220 g/mol. The van der Waals surface area contributed by atoms with E-state index in [1.807, 2.05) is 7.11 Å². The Labute approximate surface area is 107 Å². The van der Waals surface area contributed by atoms with E-state index in [1.54, 1.807) is 0 Å². The van der Waals surface area contributed by atoms with Crippen LogP contribution in [0.3, 0.4) is 0 Å². The third kappa shape index (κ3) is 1.31. The van der Waals surface area contributed by atoms with Gasteiger partial charge in [-0.25, -0.2) is 0 Å². The van der Waals surface area contributed by atoms with Crippen molar-refractivity contribution in [2.24, 2.45) is 0 Å². The summed E-state index contributed by atoms with van der Waals surface area (Å²) in [5.41, 5.74) is 5.70. The summed E-state index contributed by atoms with van der Waals surface area (Å²) in [6, 6.07) is 17.5. The lowest BCUT2D eigenvalue weighted by molar-refractivity contribution is 0.135. The van der Waals surface area contributed by atoms with Crippen molar-refractivity contribution < 1.29 is 4.74 Å². The van der Waals surface area contributed by atoms with E-state index in [2.05, 4.69) is 48.5 Å². The molecule has 0 bridgehead atoms. The van der Waals surface area contributed by atoms with Crippen molar-refractivity contribution in [2.75, 3.05) is 7.11 Å². The zero-order chi connectivity index (χ0) is 12.1. The summed E-state index contributed by atoms with van der Waals surface area (Å²) in [6.45, 7) is 0. The molecule has 2 unspecified atom stereocenters. The average molecular weight is 236 g/mol. The lowest BCUT2D eigenvalue weighted by Crippen LogP contribution is -2.06. The monoisotopic (exact) mass is 236 g/mol. The molecule has 0 radical (unpaired) electrons. The second kappa shape index (κ2) is 3.69. The highest BCUT2D eigenvalue weighted by atomic mass is 16.5. The molecular formula is C17H16O. The van der Waals surface area contributed by atoms with Crippen LogP contribution in [0.2, 0.25) is 0 Å². The molecule has 2 aliphatic carbocycles. The van der Waals surface area contributed by atoms with Crippen molar-refractivity contribution in [3.05, 3.63) is 70.8 Å². The van der Waals surface area contributed by atoms with Gasteiger partial charge in [0.1, 0.15) is 6.10 Å². The van der Waals surface area contributed by atoms with Gasteiger partial charge < -0.3 is 4.74 Å². The van der Waals surface area contributed by atoms with Crippen LogP contribution in [0.4, 0.5) is 0 Å². The first-order valence-corrected chi connectivity index (χ1v) is 6.60. The zero-order valence-corrected chi connectivity index (χ0v) is 10.5. The molecule has 4 rings (SSSR count). The van der Waals surface area contributed by atoms with E-state index in [0.717, 1.165) is 0 Å². The molecule has 90 valence electrons. The number of methoxy groups -OCH3 is 1. The summed E-state index contributed by atoms with van der Waals surface area (Å²) < 4.78 is 5.79. The van der Waals surface area contributed by atoms with E-state index < -0.39 is 0 Å². The second-order valence-corrected chi connectivity index (χ2v) is 5.32.